The molecule has 5 heteroatoms. The molecule has 0 bridgehead atoms. The molecule has 1 aliphatic rings. The van der Waals surface area contributed by atoms with Crippen LogP contribution in [-0.2, 0) is 9.53 Å². The lowest BCUT2D eigenvalue weighted by Gasteiger charge is -2.40. The van der Waals surface area contributed by atoms with E-state index in [-0.39, 0.29) is 11.5 Å². The van der Waals surface area contributed by atoms with Gasteiger partial charge in [0.25, 0.3) is 0 Å². The van der Waals surface area contributed by atoms with Gasteiger partial charge in [0.15, 0.2) is 0 Å². The van der Waals surface area contributed by atoms with Crippen molar-refractivity contribution >= 4 is 5.91 Å². The van der Waals surface area contributed by atoms with Crippen molar-refractivity contribution < 1.29 is 9.53 Å². The molecule has 20 heavy (non-hydrogen) atoms. The van der Waals surface area contributed by atoms with Gasteiger partial charge < -0.3 is 20.7 Å². The smallest absolute Gasteiger partial charge is 0.237 e. The van der Waals surface area contributed by atoms with E-state index in [9.17, 15) is 4.79 Å². The lowest BCUT2D eigenvalue weighted by molar-refractivity contribution is -0.124. The molecule has 0 aliphatic carbocycles. The van der Waals surface area contributed by atoms with Crippen LogP contribution in [0.1, 0.15) is 46.5 Å². The minimum atomic E-state index is -0.588. The van der Waals surface area contributed by atoms with Crippen molar-refractivity contribution in [3.05, 3.63) is 0 Å². The zero-order valence-corrected chi connectivity index (χ0v) is 13.5. The van der Waals surface area contributed by atoms with Crippen molar-refractivity contribution in [2.24, 2.45) is 5.73 Å². The maximum atomic E-state index is 11.6. The third kappa shape index (κ3) is 4.72. The third-order valence-corrected chi connectivity index (χ3v) is 4.49. The zero-order chi connectivity index (χ0) is 15.2. The van der Waals surface area contributed by atoms with E-state index in [1.54, 1.807) is 7.11 Å². The summed E-state index contributed by atoms with van der Waals surface area (Å²) in [4.78, 5) is 14.0. The van der Waals surface area contributed by atoms with E-state index in [1.807, 2.05) is 13.8 Å². The highest BCUT2D eigenvalue weighted by atomic mass is 16.5. The molecule has 1 saturated heterocycles. The van der Waals surface area contributed by atoms with Gasteiger partial charge in [-0.25, -0.2) is 0 Å². The van der Waals surface area contributed by atoms with E-state index in [1.165, 1.54) is 6.42 Å². The van der Waals surface area contributed by atoms with Crippen molar-refractivity contribution in [2.45, 2.75) is 57.6 Å². The van der Waals surface area contributed by atoms with Gasteiger partial charge in [0.2, 0.25) is 5.91 Å². The third-order valence-electron chi connectivity index (χ3n) is 4.49. The largest absolute Gasteiger partial charge is 0.377 e. The average Bonchev–Trinajstić information content (AvgIpc) is 2.39. The zero-order valence-electron chi connectivity index (χ0n) is 13.5. The number of ether oxygens (including phenoxy) is 1. The molecular weight excluding hydrogens is 254 g/mol. The second-order valence-electron chi connectivity index (χ2n) is 6.36. The standard InChI is InChI=1S/C15H31N3O2/c1-5-17-15(3,13(16)19)9-7-11-18-10-6-8-14(2,12-18)20-4/h17H,5-12H2,1-4H3,(H2,16,19). The van der Waals surface area contributed by atoms with Crippen LogP contribution in [0.15, 0.2) is 0 Å². The molecule has 1 aliphatic heterocycles. The molecule has 2 atom stereocenters. The number of likely N-dealkylation sites (tertiary alicyclic amines) is 1. The van der Waals surface area contributed by atoms with Gasteiger partial charge in [0.05, 0.1) is 11.1 Å². The van der Waals surface area contributed by atoms with Crippen LogP contribution in [0.3, 0.4) is 0 Å². The minimum Gasteiger partial charge on any atom is -0.377 e. The molecule has 0 radical (unpaired) electrons. The number of nitrogens with zero attached hydrogens (tertiary/aromatic N) is 1. The maximum absolute atomic E-state index is 11.6. The molecule has 5 nitrogen and oxygen atoms in total. The van der Waals surface area contributed by atoms with E-state index in [2.05, 4.69) is 17.1 Å². The van der Waals surface area contributed by atoms with Crippen molar-refractivity contribution in [3.63, 3.8) is 0 Å². The molecule has 0 aromatic heterocycles. The number of nitrogens with two attached hydrogens (primary N) is 1. The summed E-state index contributed by atoms with van der Waals surface area (Å²) < 4.78 is 5.60. The lowest BCUT2D eigenvalue weighted by Crippen LogP contribution is -2.53. The van der Waals surface area contributed by atoms with Crippen LogP contribution >= 0.6 is 0 Å². The first-order valence-corrected chi connectivity index (χ1v) is 7.68. The highest BCUT2D eigenvalue weighted by molar-refractivity contribution is 5.84. The second-order valence-corrected chi connectivity index (χ2v) is 6.36. The van der Waals surface area contributed by atoms with Crippen molar-refractivity contribution in [2.75, 3.05) is 33.3 Å². The summed E-state index contributed by atoms with van der Waals surface area (Å²) in [6.07, 6.45) is 4.03. The van der Waals surface area contributed by atoms with Crippen LogP contribution in [0.25, 0.3) is 0 Å². The van der Waals surface area contributed by atoms with Gasteiger partial charge in [-0.2, -0.15) is 0 Å². The molecule has 0 aromatic rings. The fourth-order valence-electron chi connectivity index (χ4n) is 3.01. The van der Waals surface area contributed by atoms with Gasteiger partial charge in [0, 0.05) is 13.7 Å². The molecule has 1 heterocycles. The summed E-state index contributed by atoms with van der Waals surface area (Å²) in [5, 5.41) is 3.21. The summed E-state index contributed by atoms with van der Waals surface area (Å²) in [6, 6.07) is 0. The fraction of sp³-hybridized carbons (Fsp3) is 0.933. The van der Waals surface area contributed by atoms with Gasteiger partial charge in [-0.15, -0.1) is 0 Å². The van der Waals surface area contributed by atoms with Crippen LogP contribution in [-0.4, -0.2) is 55.2 Å². The predicted molar refractivity (Wildman–Crippen MR) is 81.6 cm³/mol. The highest BCUT2D eigenvalue weighted by Crippen LogP contribution is 2.24. The molecule has 3 N–H and O–H groups in total. The van der Waals surface area contributed by atoms with Crippen LogP contribution in [0.4, 0.5) is 0 Å². The van der Waals surface area contributed by atoms with Crippen molar-refractivity contribution in [1.82, 2.24) is 10.2 Å². The number of carbonyl (C=O) groups excluding carboxylic acids is 1. The summed E-state index contributed by atoms with van der Waals surface area (Å²) in [6.45, 7) is 9.90. The Morgan fingerprint density at radius 3 is 2.80 bits per heavy atom. The van der Waals surface area contributed by atoms with E-state index in [0.717, 1.165) is 45.4 Å². The van der Waals surface area contributed by atoms with Crippen molar-refractivity contribution in [1.29, 1.82) is 0 Å². The Morgan fingerprint density at radius 2 is 2.25 bits per heavy atom. The number of methoxy groups -OCH3 is 1. The van der Waals surface area contributed by atoms with E-state index >= 15 is 0 Å². The van der Waals surface area contributed by atoms with Crippen LogP contribution in [0, 0.1) is 0 Å². The molecule has 2 unspecified atom stereocenters. The number of likely N-dealkylation sites (N-methyl/N-ethyl adjacent to an activating group) is 1. The van der Waals surface area contributed by atoms with Gasteiger partial charge in [-0.05, 0) is 59.2 Å². The van der Waals surface area contributed by atoms with Gasteiger partial charge in [-0.3, -0.25) is 4.79 Å². The number of primary amides is 1. The Bertz CT molecular complexity index is 324. The van der Waals surface area contributed by atoms with Crippen molar-refractivity contribution in [3.8, 4) is 0 Å². The van der Waals surface area contributed by atoms with E-state index in [4.69, 9.17) is 10.5 Å². The topological polar surface area (TPSA) is 67.6 Å². The Kier molecular flexibility index (Phi) is 6.43. The molecule has 1 amide bonds. The Labute approximate surface area is 123 Å². The number of piperidine rings is 1. The molecule has 1 rings (SSSR count). The summed E-state index contributed by atoms with van der Waals surface area (Å²) in [5.41, 5.74) is 4.90. The monoisotopic (exact) mass is 285 g/mol. The van der Waals surface area contributed by atoms with E-state index < -0.39 is 5.54 Å². The van der Waals surface area contributed by atoms with Gasteiger partial charge in [0.1, 0.15) is 0 Å². The first kappa shape index (κ1) is 17.4. The fourth-order valence-corrected chi connectivity index (χ4v) is 3.01. The number of hydrogen-bond donors (Lipinski definition) is 2. The molecule has 0 aromatic carbocycles. The Hall–Kier alpha value is -0.650. The number of hydrogen-bond acceptors (Lipinski definition) is 4. The van der Waals surface area contributed by atoms with Crippen LogP contribution in [0.2, 0.25) is 0 Å². The van der Waals surface area contributed by atoms with Gasteiger partial charge in [-0.1, -0.05) is 6.92 Å². The van der Waals surface area contributed by atoms with E-state index in [0.29, 0.717) is 0 Å². The Morgan fingerprint density at radius 1 is 1.55 bits per heavy atom. The lowest BCUT2D eigenvalue weighted by atomic mass is 9.92. The number of carbonyl (C=O) groups is 1. The maximum Gasteiger partial charge on any atom is 0.237 e. The average molecular weight is 285 g/mol. The normalized spacial score (nSPS) is 27.2. The summed E-state index contributed by atoms with van der Waals surface area (Å²) in [7, 11) is 1.79. The first-order valence-electron chi connectivity index (χ1n) is 7.68. The molecule has 118 valence electrons. The summed E-state index contributed by atoms with van der Waals surface area (Å²) >= 11 is 0. The highest BCUT2D eigenvalue weighted by Gasteiger charge is 2.32. The summed E-state index contributed by atoms with van der Waals surface area (Å²) in [5.74, 6) is -0.264. The molecular formula is C15H31N3O2. The van der Waals surface area contributed by atoms with Gasteiger partial charge >= 0.3 is 0 Å². The molecule has 0 saturated carbocycles. The number of amides is 1. The number of rotatable bonds is 8. The Balaban J connectivity index is 2.41. The quantitative estimate of drug-likeness (QED) is 0.701. The second kappa shape index (κ2) is 7.38. The van der Waals surface area contributed by atoms with Crippen LogP contribution < -0.4 is 11.1 Å². The van der Waals surface area contributed by atoms with Crippen LogP contribution in [0.5, 0.6) is 0 Å². The minimum absolute atomic E-state index is 0.0209. The molecule has 1 fully saturated rings. The molecule has 0 spiro atoms. The SMILES string of the molecule is CCNC(C)(CCCN1CCCC(C)(OC)C1)C(N)=O. The first-order chi connectivity index (χ1) is 9.35. The number of nitrogens with one attached hydrogen (secondary N) is 1. The predicted octanol–water partition coefficient (Wildman–Crippen LogP) is 1.12.